The van der Waals surface area contributed by atoms with E-state index in [2.05, 4.69) is 33.9 Å². The Labute approximate surface area is 127 Å². The lowest BCUT2D eigenvalue weighted by atomic mass is 10.1. The van der Waals surface area contributed by atoms with E-state index in [1.807, 2.05) is 45.4 Å². The minimum atomic E-state index is 0.212. The molecule has 0 spiro atoms. The number of aromatic nitrogens is 2. The van der Waals surface area contributed by atoms with E-state index < -0.39 is 0 Å². The molecule has 0 aliphatic rings. The number of hydrogen-bond acceptors (Lipinski definition) is 3. The number of aryl methyl sites for hydroxylation is 1. The highest BCUT2D eigenvalue weighted by molar-refractivity contribution is 5.29. The van der Waals surface area contributed by atoms with Crippen LogP contribution in [0.25, 0.3) is 0 Å². The van der Waals surface area contributed by atoms with Gasteiger partial charge in [-0.05, 0) is 38.5 Å². The summed E-state index contributed by atoms with van der Waals surface area (Å²) in [6.07, 6.45) is 4.96. The third kappa shape index (κ3) is 4.60. The van der Waals surface area contributed by atoms with E-state index in [9.17, 15) is 0 Å². The van der Waals surface area contributed by atoms with Gasteiger partial charge in [0.1, 0.15) is 11.6 Å². The van der Waals surface area contributed by atoms with Gasteiger partial charge in [-0.25, -0.2) is 4.98 Å². The Hall–Kier alpha value is -1.81. The summed E-state index contributed by atoms with van der Waals surface area (Å²) in [5.74, 6) is 2.03. The zero-order chi connectivity index (χ0) is 15.2. The number of ether oxygens (including phenoxy) is 1. The van der Waals surface area contributed by atoms with Crippen LogP contribution in [0.1, 0.15) is 38.2 Å². The molecule has 1 aromatic carbocycles. The summed E-state index contributed by atoms with van der Waals surface area (Å²) in [5, 5.41) is 3.53. The Kier molecular flexibility index (Phi) is 5.39. The standard InChI is InChI=1S/C17H25N3O/c1-13(2)21-16-7-5-15(6-8-16)14(3)18-10-9-17-19-11-12-20(17)4/h5-8,11-14,18H,9-10H2,1-4H3. The van der Waals surface area contributed by atoms with Crippen molar-refractivity contribution in [2.45, 2.75) is 39.3 Å². The lowest BCUT2D eigenvalue weighted by Crippen LogP contribution is -2.22. The van der Waals surface area contributed by atoms with E-state index in [4.69, 9.17) is 4.74 Å². The molecule has 1 atom stereocenters. The first-order chi connectivity index (χ1) is 10.1. The molecule has 0 saturated carbocycles. The highest BCUT2D eigenvalue weighted by Gasteiger charge is 2.06. The molecule has 1 unspecified atom stereocenters. The van der Waals surface area contributed by atoms with Crippen LogP contribution in [0.15, 0.2) is 36.7 Å². The topological polar surface area (TPSA) is 39.1 Å². The molecule has 1 N–H and O–H groups in total. The molecule has 2 rings (SSSR count). The monoisotopic (exact) mass is 287 g/mol. The van der Waals surface area contributed by atoms with Crippen molar-refractivity contribution in [3.63, 3.8) is 0 Å². The Morgan fingerprint density at radius 2 is 1.90 bits per heavy atom. The summed E-state index contributed by atoms with van der Waals surface area (Å²) in [6, 6.07) is 8.63. The molecular formula is C17H25N3O. The van der Waals surface area contributed by atoms with Crippen LogP contribution in [0, 0.1) is 0 Å². The van der Waals surface area contributed by atoms with Crippen molar-refractivity contribution in [3.05, 3.63) is 48.0 Å². The van der Waals surface area contributed by atoms with Crippen LogP contribution in [0.4, 0.5) is 0 Å². The zero-order valence-electron chi connectivity index (χ0n) is 13.3. The molecule has 4 nitrogen and oxygen atoms in total. The fraction of sp³-hybridized carbons (Fsp3) is 0.471. The van der Waals surface area contributed by atoms with Crippen LogP contribution < -0.4 is 10.1 Å². The highest BCUT2D eigenvalue weighted by Crippen LogP contribution is 2.18. The molecule has 21 heavy (non-hydrogen) atoms. The molecule has 1 heterocycles. The van der Waals surface area contributed by atoms with Gasteiger partial charge >= 0.3 is 0 Å². The first-order valence-corrected chi connectivity index (χ1v) is 7.52. The summed E-state index contributed by atoms with van der Waals surface area (Å²) in [5.41, 5.74) is 1.27. The van der Waals surface area contributed by atoms with Crippen molar-refractivity contribution in [1.82, 2.24) is 14.9 Å². The smallest absolute Gasteiger partial charge is 0.119 e. The van der Waals surface area contributed by atoms with Crippen molar-refractivity contribution in [3.8, 4) is 5.75 Å². The molecule has 0 amide bonds. The summed E-state index contributed by atoms with van der Waals surface area (Å²) in [6.45, 7) is 7.17. The van der Waals surface area contributed by atoms with Gasteiger partial charge in [0, 0.05) is 38.4 Å². The summed E-state index contributed by atoms with van der Waals surface area (Å²) in [4.78, 5) is 4.33. The van der Waals surface area contributed by atoms with Gasteiger partial charge in [-0.1, -0.05) is 12.1 Å². The maximum Gasteiger partial charge on any atom is 0.119 e. The molecule has 0 saturated heterocycles. The molecule has 0 aliphatic heterocycles. The maximum atomic E-state index is 5.66. The predicted molar refractivity (Wildman–Crippen MR) is 85.5 cm³/mol. The van der Waals surface area contributed by atoms with E-state index in [-0.39, 0.29) is 6.10 Å². The van der Waals surface area contributed by atoms with Crippen LogP contribution >= 0.6 is 0 Å². The largest absolute Gasteiger partial charge is 0.491 e. The molecule has 0 fully saturated rings. The van der Waals surface area contributed by atoms with Crippen LogP contribution in [0.2, 0.25) is 0 Å². The second-order valence-electron chi connectivity index (χ2n) is 5.62. The third-order valence-electron chi connectivity index (χ3n) is 3.47. The predicted octanol–water partition coefficient (Wildman–Crippen LogP) is 3.10. The van der Waals surface area contributed by atoms with Gasteiger partial charge in [-0.2, -0.15) is 0 Å². The lowest BCUT2D eigenvalue weighted by Gasteiger charge is -2.15. The summed E-state index contributed by atoms with van der Waals surface area (Å²) in [7, 11) is 2.03. The van der Waals surface area contributed by atoms with E-state index in [0.717, 1.165) is 24.5 Å². The normalized spacial score (nSPS) is 12.6. The van der Waals surface area contributed by atoms with Gasteiger partial charge in [0.25, 0.3) is 0 Å². The maximum absolute atomic E-state index is 5.66. The summed E-state index contributed by atoms with van der Waals surface area (Å²) < 4.78 is 7.72. The fourth-order valence-corrected chi connectivity index (χ4v) is 2.26. The van der Waals surface area contributed by atoms with Gasteiger partial charge < -0.3 is 14.6 Å². The number of imidazole rings is 1. The van der Waals surface area contributed by atoms with E-state index in [1.54, 1.807) is 0 Å². The Bertz CT molecular complexity index is 545. The van der Waals surface area contributed by atoms with Crippen LogP contribution in [-0.4, -0.2) is 22.2 Å². The minimum Gasteiger partial charge on any atom is -0.491 e. The van der Waals surface area contributed by atoms with E-state index in [1.165, 1.54) is 5.56 Å². The Morgan fingerprint density at radius 1 is 1.19 bits per heavy atom. The molecule has 1 aromatic heterocycles. The second-order valence-corrected chi connectivity index (χ2v) is 5.62. The number of nitrogens with one attached hydrogen (secondary N) is 1. The highest BCUT2D eigenvalue weighted by atomic mass is 16.5. The first kappa shape index (κ1) is 15.6. The van der Waals surface area contributed by atoms with Crippen molar-refractivity contribution < 1.29 is 4.74 Å². The van der Waals surface area contributed by atoms with Gasteiger partial charge in [-0.15, -0.1) is 0 Å². The third-order valence-corrected chi connectivity index (χ3v) is 3.47. The zero-order valence-corrected chi connectivity index (χ0v) is 13.3. The molecule has 0 radical (unpaired) electrons. The summed E-state index contributed by atoms with van der Waals surface area (Å²) >= 11 is 0. The molecule has 4 heteroatoms. The van der Waals surface area contributed by atoms with Gasteiger partial charge in [0.2, 0.25) is 0 Å². The average Bonchev–Trinajstić information content (AvgIpc) is 2.84. The van der Waals surface area contributed by atoms with E-state index in [0.29, 0.717) is 6.04 Å². The average molecular weight is 287 g/mol. The Morgan fingerprint density at radius 3 is 2.48 bits per heavy atom. The molecule has 0 bridgehead atoms. The molecule has 2 aromatic rings. The van der Waals surface area contributed by atoms with Crippen molar-refractivity contribution >= 4 is 0 Å². The van der Waals surface area contributed by atoms with E-state index >= 15 is 0 Å². The van der Waals surface area contributed by atoms with Gasteiger partial charge in [0.05, 0.1) is 6.10 Å². The Balaban J connectivity index is 1.82. The first-order valence-electron chi connectivity index (χ1n) is 7.52. The number of benzene rings is 1. The minimum absolute atomic E-state index is 0.212. The van der Waals surface area contributed by atoms with Crippen molar-refractivity contribution in [2.24, 2.45) is 7.05 Å². The lowest BCUT2D eigenvalue weighted by molar-refractivity contribution is 0.242. The molecular weight excluding hydrogens is 262 g/mol. The van der Waals surface area contributed by atoms with Crippen LogP contribution in [0.5, 0.6) is 5.75 Å². The van der Waals surface area contributed by atoms with Crippen molar-refractivity contribution in [1.29, 1.82) is 0 Å². The number of hydrogen-bond donors (Lipinski definition) is 1. The van der Waals surface area contributed by atoms with Crippen molar-refractivity contribution in [2.75, 3.05) is 6.54 Å². The van der Waals surface area contributed by atoms with Gasteiger partial charge in [-0.3, -0.25) is 0 Å². The molecule has 114 valence electrons. The van der Waals surface area contributed by atoms with Crippen LogP contribution in [0.3, 0.4) is 0 Å². The number of rotatable bonds is 7. The SMILES string of the molecule is CC(C)Oc1ccc(C(C)NCCc2nccn2C)cc1. The van der Waals surface area contributed by atoms with Crippen LogP contribution in [-0.2, 0) is 13.5 Å². The second kappa shape index (κ2) is 7.27. The fourth-order valence-electron chi connectivity index (χ4n) is 2.26. The van der Waals surface area contributed by atoms with Gasteiger partial charge in [0.15, 0.2) is 0 Å². The number of nitrogens with zero attached hydrogens (tertiary/aromatic N) is 2. The quantitative estimate of drug-likeness (QED) is 0.850. The molecule has 0 aliphatic carbocycles.